The maximum atomic E-state index is 11.3. The predicted octanol–water partition coefficient (Wildman–Crippen LogP) is 3.72. The Hall–Kier alpha value is -0.860. The van der Waals surface area contributed by atoms with Crippen LogP contribution in [0.15, 0.2) is 11.6 Å². The highest BCUT2D eigenvalue weighted by atomic mass is 16.7. The Kier molecular flexibility index (Phi) is 3.75. The minimum atomic E-state index is -0.777. The van der Waals surface area contributed by atoms with Crippen LogP contribution in [-0.4, -0.2) is 40.9 Å². The smallest absolute Gasteiger partial charge is 0.171 e. The van der Waals surface area contributed by atoms with Crippen LogP contribution in [0.2, 0.25) is 0 Å². The van der Waals surface area contributed by atoms with Gasteiger partial charge in [0.1, 0.15) is 16.8 Å². The van der Waals surface area contributed by atoms with Gasteiger partial charge in [0.2, 0.25) is 0 Å². The number of aliphatic hydroxyl groups is 1. The molecular formula is C24H32O4. The summed E-state index contributed by atoms with van der Waals surface area (Å²) >= 11 is 0. The lowest BCUT2D eigenvalue weighted by molar-refractivity contribution is -0.184. The molecule has 4 nitrogen and oxygen atoms in total. The van der Waals surface area contributed by atoms with Crippen LogP contribution in [0, 0.1) is 29.6 Å². The molecule has 4 heteroatoms. The van der Waals surface area contributed by atoms with Crippen molar-refractivity contribution in [3.8, 4) is 11.8 Å². The van der Waals surface area contributed by atoms with Crippen LogP contribution < -0.4 is 0 Å². The van der Waals surface area contributed by atoms with Gasteiger partial charge in [-0.1, -0.05) is 12.0 Å². The van der Waals surface area contributed by atoms with E-state index in [1.807, 2.05) is 6.92 Å². The average molecular weight is 385 g/mol. The molecule has 3 unspecified atom stereocenters. The van der Waals surface area contributed by atoms with Gasteiger partial charge in [-0.15, -0.1) is 5.92 Å². The molecular weight excluding hydrogens is 352 g/mol. The minimum absolute atomic E-state index is 0.0647. The Balaban J connectivity index is 1.33. The first kappa shape index (κ1) is 18.0. The summed E-state index contributed by atoms with van der Waals surface area (Å²) in [7, 11) is 0. The first-order chi connectivity index (χ1) is 13.6. The number of hydrogen-bond donors (Lipinski definition) is 1. The molecule has 152 valence electrons. The summed E-state index contributed by atoms with van der Waals surface area (Å²) in [4.78, 5) is 0. The van der Waals surface area contributed by atoms with Crippen LogP contribution in [-0.2, 0) is 14.2 Å². The van der Waals surface area contributed by atoms with Crippen molar-refractivity contribution in [2.24, 2.45) is 17.8 Å². The second kappa shape index (κ2) is 5.85. The Labute approximate surface area is 168 Å². The highest BCUT2D eigenvalue weighted by molar-refractivity contribution is 5.42. The molecule has 2 saturated heterocycles. The van der Waals surface area contributed by atoms with Crippen molar-refractivity contribution in [2.45, 2.75) is 93.7 Å². The van der Waals surface area contributed by atoms with E-state index in [4.69, 9.17) is 14.2 Å². The zero-order valence-electron chi connectivity index (χ0n) is 17.0. The van der Waals surface area contributed by atoms with Gasteiger partial charge in [0, 0.05) is 18.8 Å². The molecule has 3 saturated carbocycles. The summed E-state index contributed by atoms with van der Waals surface area (Å²) in [6, 6.07) is 0. The number of fused-ring (bicyclic) bond motifs is 3. The van der Waals surface area contributed by atoms with Gasteiger partial charge < -0.3 is 19.3 Å². The minimum Gasteiger partial charge on any atom is -0.377 e. The van der Waals surface area contributed by atoms with E-state index in [9.17, 15) is 5.11 Å². The van der Waals surface area contributed by atoms with E-state index in [1.165, 1.54) is 6.42 Å². The normalized spacial score (nSPS) is 50.8. The monoisotopic (exact) mass is 384 g/mol. The number of hydrogen-bond acceptors (Lipinski definition) is 4. The van der Waals surface area contributed by atoms with Gasteiger partial charge in [0.25, 0.3) is 0 Å². The standard InChI is InChI=1S/C24H32O4/c1-2-9-21(25)10-7-17-18-8-11-22-16-23(26-14-15-27-23)12-13-24(22,28-22)20(18)6-4-3-5-19(17)21/h6,17-19,25H,3-5,7-8,10-16H2,1H3/t17?,18?,19-,21?,22-,24-/m1/s1. The highest BCUT2D eigenvalue weighted by Crippen LogP contribution is 2.72. The topological polar surface area (TPSA) is 51.2 Å². The van der Waals surface area contributed by atoms with Crippen LogP contribution in [0.4, 0.5) is 0 Å². The van der Waals surface area contributed by atoms with Crippen molar-refractivity contribution >= 4 is 0 Å². The zero-order chi connectivity index (χ0) is 19.0. The van der Waals surface area contributed by atoms with Crippen molar-refractivity contribution in [1.29, 1.82) is 0 Å². The van der Waals surface area contributed by atoms with E-state index in [0.29, 0.717) is 17.8 Å². The third-order valence-electron chi connectivity index (χ3n) is 8.95. The molecule has 6 atom stereocenters. The van der Waals surface area contributed by atoms with Crippen LogP contribution in [0.25, 0.3) is 0 Å². The molecule has 0 aromatic heterocycles. The molecule has 5 fully saturated rings. The Morgan fingerprint density at radius 2 is 1.93 bits per heavy atom. The summed E-state index contributed by atoms with van der Waals surface area (Å²) in [5.41, 5.74) is 0.649. The average Bonchev–Trinajstić information content (AvgIpc) is 2.94. The van der Waals surface area contributed by atoms with Gasteiger partial charge in [-0.3, -0.25) is 0 Å². The van der Waals surface area contributed by atoms with Crippen molar-refractivity contribution in [3.63, 3.8) is 0 Å². The van der Waals surface area contributed by atoms with Gasteiger partial charge in [-0.2, -0.15) is 0 Å². The molecule has 0 aromatic rings. The first-order valence-corrected chi connectivity index (χ1v) is 11.4. The molecule has 2 heterocycles. The molecule has 6 rings (SSSR count). The summed E-state index contributed by atoms with van der Waals surface area (Å²) in [5, 5.41) is 11.3. The van der Waals surface area contributed by atoms with E-state index in [1.54, 1.807) is 5.57 Å². The van der Waals surface area contributed by atoms with Gasteiger partial charge in [-0.05, 0) is 75.7 Å². The molecule has 2 aliphatic heterocycles. The fourth-order valence-corrected chi connectivity index (χ4v) is 7.84. The van der Waals surface area contributed by atoms with Gasteiger partial charge in [0.15, 0.2) is 5.79 Å². The van der Waals surface area contributed by atoms with E-state index in [2.05, 4.69) is 17.9 Å². The second-order valence-electron chi connectivity index (χ2n) is 10.1. The maximum Gasteiger partial charge on any atom is 0.171 e. The Morgan fingerprint density at radius 3 is 2.75 bits per heavy atom. The lowest BCUT2D eigenvalue weighted by Gasteiger charge is -2.45. The number of rotatable bonds is 0. The van der Waals surface area contributed by atoms with Crippen molar-refractivity contribution in [2.75, 3.05) is 13.2 Å². The Morgan fingerprint density at radius 1 is 1.07 bits per heavy atom. The Bertz CT molecular complexity index is 771. The second-order valence-corrected chi connectivity index (χ2v) is 10.1. The van der Waals surface area contributed by atoms with Gasteiger partial charge >= 0.3 is 0 Å². The quantitative estimate of drug-likeness (QED) is 0.393. The first-order valence-electron chi connectivity index (χ1n) is 11.4. The SMILES string of the molecule is CC#CC1(O)CCC2C3CC[C@@]45CC6(CC[C@@]4(O5)C3=CCCC[C@H]21)OCCO6. The maximum absolute atomic E-state index is 11.3. The summed E-state index contributed by atoms with van der Waals surface area (Å²) in [6.45, 7) is 3.29. The summed E-state index contributed by atoms with van der Waals surface area (Å²) in [6.07, 6.45) is 12.9. The van der Waals surface area contributed by atoms with Gasteiger partial charge in [0.05, 0.1) is 13.2 Å². The molecule has 0 aromatic carbocycles. The van der Waals surface area contributed by atoms with E-state index in [-0.39, 0.29) is 17.0 Å². The largest absolute Gasteiger partial charge is 0.377 e. The summed E-state index contributed by atoms with van der Waals surface area (Å²) in [5.74, 6) is 7.23. The third kappa shape index (κ3) is 2.23. The lowest BCUT2D eigenvalue weighted by atomic mass is 9.58. The molecule has 1 spiro atoms. The van der Waals surface area contributed by atoms with E-state index >= 15 is 0 Å². The van der Waals surface area contributed by atoms with Crippen LogP contribution in [0.3, 0.4) is 0 Å². The van der Waals surface area contributed by atoms with Crippen LogP contribution in [0.1, 0.15) is 71.1 Å². The molecule has 28 heavy (non-hydrogen) atoms. The molecule has 0 amide bonds. The number of epoxide rings is 1. The zero-order valence-corrected chi connectivity index (χ0v) is 17.0. The molecule has 0 bridgehead atoms. The van der Waals surface area contributed by atoms with Gasteiger partial charge in [-0.25, -0.2) is 0 Å². The number of allylic oxidation sites excluding steroid dienone is 1. The highest BCUT2D eigenvalue weighted by Gasteiger charge is 2.78. The van der Waals surface area contributed by atoms with Crippen LogP contribution >= 0.6 is 0 Å². The molecule has 6 aliphatic rings. The molecule has 4 aliphatic carbocycles. The lowest BCUT2D eigenvalue weighted by Crippen LogP contribution is -2.50. The van der Waals surface area contributed by atoms with Crippen LogP contribution in [0.5, 0.6) is 0 Å². The fraction of sp³-hybridized carbons (Fsp3) is 0.833. The summed E-state index contributed by atoms with van der Waals surface area (Å²) < 4.78 is 18.8. The fourth-order valence-electron chi connectivity index (χ4n) is 7.84. The number of ether oxygens (including phenoxy) is 3. The van der Waals surface area contributed by atoms with E-state index in [0.717, 1.165) is 71.0 Å². The van der Waals surface area contributed by atoms with E-state index < -0.39 is 5.60 Å². The molecule has 0 radical (unpaired) electrons. The third-order valence-corrected chi connectivity index (χ3v) is 8.95. The molecule has 1 N–H and O–H groups in total. The van der Waals surface area contributed by atoms with Crippen molar-refractivity contribution in [1.82, 2.24) is 0 Å². The predicted molar refractivity (Wildman–Crippen MR) is 104 cm³/mol. The van der Waals surface area contributed by atoms with Crippen molar-refractivity contribution in [3.05, 3.63) is 11.6 Å². The van der Waals surface area contributed by atoms with Crippen molar-refractivity contribution < 1.29 is 19.3 Å².